The molecule has 6 rings (SSSR count). The number of benzene rings is 6. The maximum Gasteiger partial charge on any atom is 0.0456 e. The Labute approximate surface area is 274 Å². The summed E-state index contributed by atoms with van der Waals surface area (Å²) in [7, 11) is 0. The summed E-state index contributed by atoms with van der Waals surface area (Å²) < 4.78 is 0. The molecule has 0 heterocycles. The largest absolute Gasteiger partial charge is 0.317 e. The first-order chi connectivity index (χ1) is 22.5. The molecule has 6 aromatic carbocycles. The molecule has 0 unspecified atom stereocenters. The lowest BCUT2D eigenvalue weighted by Gasteiger charge is -2.24. The van der Waals surface area contributed by atoms with E-state index in [0.717, 1.165) is 16.9 Å². The molecular weight excluding hydrogens is 555 g/mol. The summed E-state index contributed by atoms with van der Waals surface area (Å²) in [6, 6.07) is 56.3. The molecular formula is C45H39N. The van der Waals surface area contributed by atoms with Gasteiger partial charge in [-0.2, -0.15) is 0 Å². The standard InChI is InChI=1S/C45H39N/c1-34-17-25-40(26-18-34)45(41-27-19-35(2)20-28-41)33-46(42-29-21-36(3)22-30-42)43-31-23-37(24-32-43)11-10-16-44(38-12-6-4-7-13-38)39-14-8-5-9-15-39/h4-33H,1-3H3. The van der Waals surface area contributed by atoms with E-state index in [0.29, 0.717) is 0 Å². The summed E-state index contributed by atoms with van der Waals surface area (Å²) in [6.07, 6.45) is 8.80. The average Bonchev–Trinajstić information content (AvgIpc) is 3.10. The van der Waals surface area contributed by atoms with Crippen LogP contribution in [-0.2, 0) is 0 Å². The topological polar surface area (TPSA) is 3.24 Å². The van der Waals surface area contributed by atoms with Crippen molar-refractivity contribution in [2.24, 2.45) is 0 Å². The fraction of sp³-hybridized carbons (Fsp3) is 0.0667. The van der Waals surface area contributed by atoms with Crippen LogP contribution in [0.15, 0.2) is 176 Å². The smallest absolute Gasteiger partial charge is 0.0456 e. The Morgan fingerprint density at radius 1 is 0.413 bits per heavy atom. The van der Waals surface area contributed by atoms with E-state index in [4.69, 9.17) is 0 Å². The van der Waals surface area contributed by atoms with Gasteiger partial charge in [0, 0.05) is 23.1 Å². The molecule has 0 saturated heterocycles. The van der Waals surface area contributed by atoms with Crippen LogP contribution in [0.2, 0.25) is 0 Å². The third-order valence-electron chi connectivity index (χ3n) is 8.19. The minimum absolute atomic E-state index is 1.10. The maximum atomic E-state index is 2.30. The van der Waals surface area contributed by atoms with Crippen LogP contribution in [0.5, 0.6) is 0 Å². The first-order valence-electron chi connectivity index (χ1n) is 15.8. The highest BCUT2D eigenvalue weighted by Gasteiger charge is 2.13. The fourth-order valence-electron chi connectivity index (χ4n) is 5.51. The number of rotatable bonds is 9. The van der Waals surface area contributed by atoms with Gasteiger partial charge in [-0.1, -0.05) is 168 Å². The van der Waals surface area contributed by atoms with E-state index in [9.17, 15) is 0 Å². The van der Waals surface area contributed by atoms with E-state index in [1.54, 1.807) is 0 Å². The third-order valence-corrected chi connectivity index (χ3v) is 8.19. The van der Waals surface area contributed by atoms with Crippen LogP contribution in [-0.4, -0.2) is 0 Å². The molecule has 46 heavy (non-hydrogen) atoms. The van der Waals surface area contributed by atoms with Gasteiger partial charge >= 0.3 is 0 Å². The molecule has 1 nitrogen and oxygen atoms in total. The van der Waals surface area contributed by atoms with Crippen molar-refractivity contribution < 1.29 is 0 Å². The summed E-state index contributed by atoms with van der Waals surface area (Å²) in [5, 5.41) is 0. The van der Waals surface area contributed by atoms with Crippen molar-refractivity contribution in [2.45, 2.75) is 20.8 Å². The lowest BCUT2D eigenvalue weighted by atomic mass is 9.96. The molecule has 0 spiro atoms. The van der Waals surface area contributed by atoms with E-state index >= 15 is 0 Å². The van der Waals surface area contributed by atoms with Gasteiger partial charge in [0.25, 0.3) is 0 Å². The predicted octanol–water partition coefficient (Wildman–Crippen LogP) is 12.0. The summed E-state index contributed by atoms with van der Waals surface area (Å²) >= 11 is 0. The SMILES string of the molecule is Cc1ccc(C(=CN(c2ccc(C)cc2)c2ccc(C=CC=C(c3ccccc3)c3ccccc3)cc2)c2ccc(C)cc2)cc1. The quantitative estimate of drug-likeness (QED) is 0.151. The van der Waals surface area contributed by atoms with E-state index in [2.05, 4.69) is 208 Å². The fourth-order valence-corrected chi connectivity index (χ4v) is 5.51. The van der Waals surface area contributed by atoms with Gasteiger partial charge in [0.15, 0.2) is 0 Å². The number of hydrogen-bond donors (Lipinski definition) is 0. The molecule has 0 radical (unpaired) electrons. The predicted molar refractivity (Wildman–Crippen MR) is 198 cm³/mol. The van der Waals surface area contributed by atoms with Gasteiger partial charge in [-0.3, -0.25) is 0 Å². The highest BCUT2D eigenvalue weighted by molar-refractivity contribution is 5.84. The van der Waals surface area contributed by atoms with Gasteiger partial charge in [0.1, 0.15) is 0 Å². The molecule has 0 aliphatic heterocycles. The highest BCUT2D eigenvalue weighted by atomic mass is 15.1. The van der Waals surface area contributed by atoms with Crippen LogP contribution in [0.1, 0.15) is 44.5 Å². The molecule has 0 saturated carbocycles. The van der Waals surface area contributed by atoms with Crippen LogP contribution in [0, 0.1) is 20.8 Å². The van der Waals surface area contributed by atoms with Gasteiger partial charge in [0.05, 0.1) is 0 Å². The monoisotopic (exact) mass is 593 g/mol. The van der Waals surface area contributed by atoms with E-state index in [1.807, 2.05) is 0 Å². The van der Waals surface area contributed by atoms with Crippen LogP contribution in [0.25, 0.3) is 17.2 Å². The lowest BCUT2D eigenvalue weighted by molar-refractivity contribution is 1.27. The second kappa shape index (κ2) is 14.4. The number of hydrogen-bond acceptors (Lipinski definition) is 1. The minimum atomic E-state index is 1.10. The zero-order valence-corrected chi connectivity index (χ0v) is 26.8. The van der Waals surface area contributed by atoms with Gasteiger partial charge in [-0.05, 0) is 78.4 Å². The zero-order chi connectivity index (χ0) is 31.7. The first-order valence-corrected chi connectivity index (χ1v) is 15.8. The van der Waals surface area contributed by atoms with E-state index in [-0.39, 0.29) is 0 Å². The Hall–Kier alpha value is -5.66. The maximum absolute atomic E-state index is 2.30. The summed E-state index contributed by atoms with van der Waals surface area (Å²) in [5.41, 5.74) is 14.2. The van der Waals surface area contributed by atoms with Crippen LogP contribution in [0.4, 0.5) is 11.4 Å². The Kier molecular flexibility index (Phi) is 9.52. The minimum Gasteiger partial charge on any atom is -0.317 e. The first kappa shape index (κ1) is 30.4. The number of allylic oxidation sites excluding steroid dienone is 2. The normalized spacial score (nSPS) is 10.8. The van der Waals surface area contributed by atoms with Crippen molar-refractivity contribution in [3.05, 3.63) is 221 Å². The van der Waals surface area contributed by atoms with Crippen LogP contribution < -0.4 is 4.90 Å². The van der Waals surface area contributed by atoms with Gasteiger partial charge < -0.3 is 4.90 Å². The molecule has 0 aromatic heterocycles. The Bertz CT molecular complexity index is 1850. The summed E-state index contributed by atoms with van der Waals surface area (Å²) in [4.78, 5) is 2.30. The molecule has 0 aliphatic rings. The zero-order valence-electron chi connectivity index (χ0n) is 26.8. The molecule has 6 aromatic rings. The molecule has 0 amide bonds. The van der Waals surface area contributed by atoms with Gasteiger partial charge in [0.2, 0.25) is 0 Å². The van der Waals surface area contributed by atoms with Crippen LogP contribution >= 0.6 is 0 Å². The van der Waals surface area contributed by atoms with Crippen molar-refractivity contribution >= 4 is 28.6 Å². The molecule has 0 bridgehead atoms. The van der Waals surface area contributed by atoms with Crippen LogP contribution in [0.3, 0.4) is 0 Å². The second-order valence-electron chi connectivity index (χ2n) is 11.7. The van der Waals surface area contributed by atoms with E-state index < -0.39 is 0 Å². The lowest BCUT2D eigenvalue weighted by Crippen LogP contribution is -2.10. The number of aryl methyl sites for hydroxylation is 3. The molecule has 0 fully saturated rings. The van der Waals surface area contributed by atoms with E-state index in [1.165, 1.54) is 50.1 Å². The van der Waals surface area contributed by atoms with Crippen molar-refractivity contribution in [3.63, 3.8) is 0 Å². The molecule has 1 heteroatoms. The Morgan fingerprint density at radius 3 is 1.26 bits per heavy atom. The Morgan fingerprint density at radius 2 is 0.804 bits per heavy atom. The van der Waals surface area contributed by atoms with Crippen molar-refractivity contribution in [2.75, 3.05) is 4.90 Å². The Balaban J connectivity index is 1.37. The summed E-state index contributed by atoms with van der Waals surface area (Å²) in [5.74, 6) is 0. The van der Waals surface area contributed by atoms with Gasteiger partial charge in [-0.15, -0.1) is 0 Å². The average molecular weight is 594 g/mol. The second-order valence-corrected chi connectivity index (χ2v) is 11.7. The highest BCUT2D eigenvalue weighted by Crippen LogP contribution is 2.32. The van der Waals surface area contributed by atoms with Gasteiger partial charge in [-0.25, -0.2) is 0 Å². The summed E-state index contributed by atoms with van der Waals surface area (Å²) in [6.45, 7) is 6.39. The molecule has 0 atom stereocenters. The molecule has 0 aliphatic carbocycles. The van der Waals surface area contributed by atoms with Crippen molar-refractivity contribution in [1.82, 2.24) is 0 Å². The van der Waals surface area contributed by atoms with Crippen molar-refractivity contribution in [3.8, 4) is 0 Å². The third kappa shape index (κ3) is 7.52. The number of nitrogens with zero attached hydrogens (tertiary/aromatic N) is 1. The molecule has 0 N–H and O–H groups in total. The number of anilines is 2. The van der Waals surface area contributed by atoms with Crippen molar-refractivity contribution in [1.29, 1.82) is 0 Å². The molecule has 224 valence electrons.